The normalized spacial score (nSPS) is 16.3. The Morgan fingerprint density at radius 1 is 1.09 bits per heavy atom. The molecule has 22 heavy (non-hydrogen) atoms. The number of rotatable bonds is 1. The lowest BCUT2D eigenvalue weighted by Crippen LogP contribution is -2.16. The number of benzene rings is 2. The minimum Gasteiger partial charge on any atom is -0.497 e. The van der Waals surface area contributed by atoms with E-state index in [1.807, 2.05) is 36.4 Å². The van der Waals surface area contributed by atoms with Gasteiger partial charge < -0.3 is 4.74 Å². The first kappa shape index (κ1) is 13.4. The summed E-state index contributed by atoms with van der Waals surface area (Å²) in [6.07, 6.45) is 1.73. The molecule has 6 heteroatoms. The second kappa shape index (κ2) is 4.61. The molecule has 1 aliphatic heterocycles. The Labute approximate surface area is 129 Å². The van der Waals surface area contributed by atoms with Crippen molar-refractivity contribution < 1.29 is 13.8 Å². The van der Waals surface area contributed by atoms with Crippen LogP contribution in [0.4, 0.5) is 5.69 Å². The van der Waals surface area contributed by atoms with E-state index in [-0.39, 0.29) is 0 Å². The van der Waals surface area contributed by atoms with Crippen molar-refractivity contribution in [1.29, 1.82) is 0 Å². The standard InChI is InChI=1S/C16H14N2O3S/c1-21-11-5-7-12-13-6-4-10-3-2-8-17-15(10)16(13)18-22(19,20)14(12)9-11/h2-9,18-20H,1H3/p+2. The van der Waals surface area contributed by atoms with Crippen molar-refractivity contribution in [3.05, 3.63) is 48.7 Å². The number of methoxy groups -OCH3 is 1. The molecule has 4 rings (SSSR count). The average molecular weight is 316 g/mol. The maximum absolute atomic E-state index is 8.44. The van der Waals surface area contributed by atoms with E-state index < -0.39 is 10.8 Å². The van der Waals surface area contributed by atoms with Crippen LogP contribution in [0.5, 0.6) is 5.75 Å². The Kier molecular flexibility index (Phi) is 2.80. The lowest BCUT2D eigenvalue weighted by Gasteiger charge is -2.32. The van der Waals surface area contributed by atoms with E-state index in [1.165, 1.54) is 0 Å². The van der Waals surface area contributed by atoms with Crippen LogP contribution in [-0.2, 0) is 0 Å². The molecular weight excluding hydrogens is 300 g/mol. The second-order valence-electron chi connectivity index (χ2n) is 5.14. The smallest absolute Gasteiger partial charge is 0.181 e. The molecule has 0 atom stereocenters. The van der Waals surface area contributed by atoms with Crippen molar-refractivity contribution in [2.24, 2.45) is 0 Å². The van der Waals surface area contributed by atoms with Gasteiger partial charge in [0.15, 0.2) is 4.90 Å². The fourth-order valence-electron chi connectivity index (χ4n) is 2.79. The van der Waals surface area contributed by atoms with E-state index in [4.69, 9.17) is 13.8 Å². The van der Waals surface area contributed by atoms with Gasteiger partial charge in [-0.15, -0.1) is 0 Å². The Morgan fingerprint density at radius 2 is 1.91 bits per heavy atom. The van der Waals surface area contributed by atoms with Crippen LogP contribution in [-0.4, -0.2) is 21.2 Å². The van der Waals surface area contributed by atoms with Gasteiger partial charge in [-0.1, -0.05) is 18.2 Å². The van der Waals surface area contributed by atoms with Crippen LogP contribution in [0.1, 0.15) is 0 Å². The predicted octanol–water partition coefficient (Wildman–Crippen LogP) is 2.69. The van der Waals surface area contributed by atoms with Gasteiger partial charge in [0.05, 0.1) is 29.1 Å². The van der Waals surface area contributed by atoms with Crippen molar-refractivity contribution in [3.63, 3.8) is 0 Å². The summed E-state index contributed by atoms with van der Waals surface area (Å²) in [5, 5.41) is 1.00. The second-order valence-corrected chi connectivity index (χ2v) is 7.01. The average Bonchev–Trinajstić information content (AvgIpc) is 2.54. The van der Waals surface area contributed by atoms with Crippen LogP contribution in [0.25, 0.3) is 22.0 Å². The number of pyridine rings is 1. The van der Waals surface area contributed by atoms with Crippen LogP contribution in [0.2, 0.25) is 0 Å². The van der Waals surface area contributed by atoms with Crippen LogP contribution in [0, 0.1) is 0 Å². The lowest BCUT2D eigenvalue weighted by molar-refractivity contribution is 0.412. The van der Waals surface area contributed by atoms with Gasteiger partial charge >= 0.3 is 0 Å². The molecule has 112 valence electrons. The van der Waals surface area contributed by atoms with E-state index in [0.717, 1.165) is 27.7 Å². The highest BCUT2D eigenvalue weighted by atomic mass is 32.3. The van der Waals surface area contributed by atoms with Crippen molar-refractivity contribution in [2.75, 3.05) is 11.8 Å². The molecule has 0 spiro atoms. The maximum Gasteiger partial charge on any atom is 0.181 e. The lowest BCUT2D eigenvalue weighted by atomic mass is 10.0. The number of hydrogen-bond donors (Lipinski definition) is 1. The summed E-state index contributed by atoms with van der Waals surface area (Å²) in [4.78, 5) is 5.09. The summed E-state index contributed by atoms with van der Waals surface area (Å²) in [6.45, 7) is 0. The van der Waals surface area contributed by atoms with Crippen LogP contribution in [0.3, 0.4) is 0 Å². The van der Waals surface area contributed by atoms with E-state index in [0.29, 0.717) is 10.6 Å². The highest BCUT2D eigenvalue weighted by Gasteiger charge is 2.36. The third-order valence-electron chi connectivity index (χ3n) is 3.84. The van der Waals surface area contributed by atoms with Gasteiger partial charge in [-0.05, 0) is 18.2 Å². The molecule has 5 nitrogen and oxygen atoms in total. The van der Waals surface area contributed by atoms with Gasteiger partial charge in [0.2, 0.25) is 0 Å². The summed E-state index contributed by atoms with van der Waals surface area (Å²) in [5.41, 5.74) is 3.46. The zero-order valence-corrected chi connectivity index (χ0v) is 12.7. The van der Waals surface area contributed by atoms with Crippen molar-refractivity contribution in [2.45, 2.75) is 4.90 Å². The van der Waals surface area contributed by atoms with Crippen LogP contribution in [0.15, 0.2) is 53.6 Å². The SMILES string of the molecule is COc1ccc2c(c1)S([OH2+])([OH2+])Nc1c-2ccc2cccnc12. The number of anilines is 1. The first-order valence-electron chi connectivity index (χ1n) is 6.76. The minimum atomic E-state index is -2.65. The third-order valence-corrected chi connectivity index (χ3v) is 5.35. The highest BCUT2D eigenvalue weighted by Crippen LogP contribution is 2.59. The molecule has 0 radical (unpaired) electrons. The molecule has 0 bridgehead atoms. The van der Waals surface area contributed by atoms with Crippen LogP contribution < -0.4 is 9.46 Å². The zero-order valence-electron chi connectivity index (χ0n) is 11.9. The Balaban J connectivity index is 2.06. The summed E-state index contributed by atoms with van der Waals surface area (Å²) < 4.78 is 25.2. The molecule has 0 unspecified atom stereocenters. The number of hydrogen-bond acceptors (Lipinski definition) is 3. The highest BCUT2D eigenvalue weighted by molar-refractivity contribution is 8.25. The Morgan fingerprint density at radius 3 is 2.73 bits per heavy atom. The maximum atomic E-state index is 8.44. The molecule has 0 saturated carbocycles. The quantitative estimate of drug-likeness (QED) is 0.701. The summed E-state index contributed by atoms with van der Waals surface area (Å²) in [5.74, 6) is 0.666. The van der Waals surface area contributed by atoms with Gasteiger partial charge in [0.1, 0.15) is 5.75 Å². The third kappa shape index (κ3) is 1.85. The van der Waals surface area contributed by atoms with Gasteiger partial charge in [-0.25, -0.2) is 4.72 Å². The molecule has 0 fully saturated rings. The number of aromatic nitrogens is 1. The molecule has 1 aromatic heterocycles. The summed E-state index contributed by atoms with van der Waals surface area (Å²) in [6, 6.07) is 13.5. The minimum absolute atomic E-state index is 0.662. The first-order chi connectivity index (χ1) is 10.6. The molecule has 5 N–H and O–H groups in total. The van der Waals surface area contributed by atoms with Crippen LogP contribution >= 0.6 is 10.8 Å². The molecule has 2 aromatic carbocycles. The first-order valence-corrected chi connectivity index (χ1v) is 8.40. The molecule has 0 amide bonds. The molecule has 3 aromatic rings. The Bertz CT molecular complexity index is 896. The predicted molar refractivity (Wildman–Crippen MR) is 90.4 cm³/mol. The molecule has 0 saturated heterocycles. The fraction of sp³-hybridized carbons (Fsp3) is 0.0625. The molecular formula is C16H16N2O3S+2. The molecule has 2 heterocycles. The monoisotopic (exact) mass is 316 g/mol. The van der Waals surface area contributed by atoms with Gasteiger partial charge in [0, 0.05) is 28.8 Å². The number of nitrogens with zero attached hydrogens (tertiary/aromatic N) is 1. The van der Waals surface area contributed by atoms with E-state index in [9.17, 15) is 0 Å². The molecule has 0 aliphatic carbocycles. The van der Waals surface area contributed by atoms with E-state index in [2.05, 4.69) is 9.71 Å². The number of ether oxygens (including phenoxy) is 1. The number of nitrogens with one attached hydrogen (secondary N) is 1. The van der Waals surface area contributed by atoms with Crippen molar-refractivity contribution in [3.8, 4) is 16.9 Å². The fourth-order valence-corrected chi connectivity index (χ4v) is 4.21. The Hall–Kier alpha value is -2.28. The number of fused-ring (bicyclic) bond motifs is 5. The van der Waals surface area contributed by atoms with E-state index >= 15 is 0 Å². The summed E-state index contributed by atoms with van der Waals surface area (Å²) in [7, 11) is -1.06. The molecule has 1 aliphatic rings. The van der Waals surface area contributed by atoms with E-state index in [1.54, 1.807) is 19.4 Å². The zero-order chi connectivity index (χ0) is 15.3. The van der Waals surface area contributed by atoms with Crippen molar-refractivity contribution >= 4 is 27.4 Å². The van der Waals surface area contributed by atoms with Crippen molar-refractivity contribution in [1.82, 2.24) is 4.98 Å². The van der Waals surface area contributed by atoms with Gasteiger partial charge in [-0.3, -0.25) is 14.1 Å². The summed E-state index contributed by atoms with van der Waals surface area (Å²) >= 11 is 0. The van der Waals surface area contributed by atoms with Gasteiger partial charge in [-0.2, -0.15) is 0 Å². The topological polar surface area (TPSA) is 79.9 Å². The largest absolute Gasteiger partial charge is 0.497 e. The van der Waals surface area contributed by atoms with Gasteiger partial charge in [0.25, 0.3) is 0 Å².